The number of rotatable bonds is 9. The molecule has 0 radical (unpaired) electrons. The van der Waals surface area contributed by atoms with Gasteiger partial charge in [-0.05, 0) is 12.0 Å². The van der Waals surface area contributed by atoms with Gasteiger partial charge in [0.05, 0.1) is 0 Å². The van der Waals surface area contributed by atoms with Crippen LogP contribution in [0.3, 0.4) is 0 Å². The van der Waals surface area contributed by atoms with Gasteiger partial charge in [0.2, 0.25) is 0 Å². The smallest absolute Gasteiger partial charge is 0.333 e. The predicted octanol–water partition coefficient (Wildman–Crippen LogP) is 2.34. The van der Waals surface area contributed by atoms with Crippen molar-refractivity contribution < 1.29 is 24.5 Å². The van der Waals surface area contributed by atoms with Crippen LogP contribution in [0.1, 0.15) is 31.7 Å². The van der Waals surface area contributed by atoms with Gasteiger partial charge >= 0.3 is 11.9 Å². The van der Waals surface area contributed by atoms with Gasteiger partial charge in [-0.1, -0.05) is 50.1 Å². The summed E-state index contributed by atoms with van der Waals surface area (Å²) in [6.45, 7) is 1.94. The molecular weight excluding hydrogens is 260 g/mol. The SMILES string of the molecule is CCCC[C@H](O[C@@H](Cc1ccccc1)C(=O)O)C(=O)O. The number of benzene rings is 1. The Balaban J connectivity index is 2.70. The molecule has 110 valence electrons. The highest BCUT2D eigenvalue weighted by molar-refractivity contribution is 5.75. The summed E-state index contributed by atoms with van der Waals surface area (Å²) in [4.78, 5) is 22.3. The molecule has 2 N–H and O–H groups in total. The standard InChI is InChI=1S/C15H20O5/c1-2-3-9-12(14(16)17)20-13(15(18)19)10-11-7-5-4-6-8-11/h4-8,12-13H,2-3,9-10H2,1H3,(H,16,17)(H,18,19)/t12-,13-/m0/s1. The zero-order chi connectivity index (χ0) is 15.0. The molecule has 1 rings (SSSR count). The number of hydrogen-bond acceptors (Lipinski definition) is 3. The van der Waals surface area contributed by atoms with Crippen LogP contribution in [-0.4, -0.2) is 34.4 Å². The lowest BCUT2D eigenvalue weighted by atomic mass is 10.1. The number of carboxylic acids is 2. The van der Waals surface area contributed by atoms with Gasteiger partial charge in [-0.25, -0.2) is 9.59 Å². The molecule has 5 heteroatoms. The summed E-state index contributed by atoms with van der Waals surface area (Å²) in [5, 5.41) is 18.3. The van der Waals surface area contributed by atoms with E-state index in [0.29, 0.717) is 12.8 Å². The van der Waals surface area contributed by atoms with Gasteiger partial charge in [0.25, 0.3) is 0 Å². The number of hydrogen-bond donors (Lipinski definition) is 2. The van der Waals surface area contributed by atoms with E-state index in [-0.39, 0.29) is 6.42 Å². The van der Waals surface area contributed by atoms with Gasteiger partial charge in [0.15, 0.2) is 12.2 Å². The average Bonchev–Trinajstić information content (AvgIpc) is 2.42. The molecule has 20 heavy (non-hydrogen) atoms. The van der Waals surface area contributed by atoms with Gasteiger partial charge < -0.3 is 14.9 Å². The van der Waals surface area contributed by atoms with Gasteiger partial charge in [0.1, 0.15) is 0 Å². The Morgan fingerprint density at radius 1 is 1.10 bits per heavy atom. The van der Waals surface area contributed by atoms with E-state index in [2.05, 4.69) is 0 Å². The second kappa shape index (κ2) is 8.32. The van der Waals surface area contributed by atoms with Crippen LogP contribution in [0.4, 0.5) is 0 Å². The molecule has 0 aromatic heterocycles. The van der Waals surface area contributed by atoms with Crippen molar-refractivity contribution in [1.29, 1.82) is 0 Å². The summed E-state index contributed by atoms with van der Waals surface area (Å²) in [5.41, 5.74) is 0.805. The number of aliphatic carboxylic acids is 2. The Bertz CT molecular complexity index is 429. The fourth-order valence-corrected chi connectivity index (χ4v) is 1.86. The molecule has 0 saturated carbocycles. The molecule has 0 amide bonds. The highest BCUT2D eigenvalue weighted by Gasteiger charge is 2.27. The lowest BCUT2D eigenvalue weighted by Gasteiger charge is -2.19. The second-order valence-corrected chi connectivity index (χ2v) is 4.62. The van der Waals surface area contributed by atoms with E-state index in [9.17, 15) is 14.7 Å². The molecule has 0 heterocycles. The highest BCUT2D eigenvalue weighted by Crippen LogP contribution is 2.13. The zero-order valence-electron chi connectivity index (χ0n) is 11.5. The van der Waals surface area contributed by atoms with Gasteiger partial charge in [-0.3, -0.25) is 0 Å². The van der Waals surface area contributed by atoms with Gasteiger partial charge in [0, 0.05) is 6.42 Å². The van der Waals surface area contributed by atoms with E-state index < -0.39 is 24.1 Å². The van der Waals surface area contributed by atoms with Crippen LogP contribution in [0.2, 0.25) is 0 Å². The molecule has 0 aliphatic heterocycles. The molecule has 2 atom stereocenters. The quantitative estimate of drug-likeness (QED) is 0.725. The van der Waals surface area contributed by atoms with Crippen molar-refractivity contribution in [2.24, 2.45) is 0 Å². The molecule has 0 aliphatic carbocycles. The average molecular weight is 280 g/mol. The molecule has 1 aromatic rings. The minimum atomic E-state index is -1.14. The highest BCUT2D eigenvalue weighted by atomic mass is 16.5. The second-order valence-electron chi connectivity index (χ2n) is 4.62. The molecule has 0 unspecified atom stereocenters. The summed E-state index contributed by atoms with van der Waals surface area (Å²) in [5.74, 6) is -2.26. The topological polar surface area (TPSA) is 83.8 Å². The third-order valence-electron chi connectivity index (χ3n) is 2.96. The van der Waals surface area contributed by atoms with Crippen molar-refractivity contribution in [2.45, 2.75) is 44.8 Å². The molecule has 0 spiro atoms. The molecule has 0 saturated heterocycles. The maximum Gasteiger partial charge on any atom is 0.333 e. The van der Waals surface area contributed by atoms with E-state index in [0.717, 1.165) is 12.0 Å². The van der Waals surface area contributed by atoms with E-state index in [1.807, 2.05) is 13.0 Å². The largest absolute Gasteiger partial charge is 0.479 e. The van der Waals surface area contributed by atoms with Crippen LogP contribution in [0.15, 0.2) is 30.3 Å². The van der Waals surface area contributed by atoms with E-state index in [4.69, 9.17) is 9.84 Å². The van der Waals surface area contributed by atoms with Crippen molar-refractivity contribution in [1.82, 2.24) is 0 Å². The molecule has 0 aliphatic rings. The monoisotopic (exact) mass is 280 g/mol. The first-order chi connectivity index (χ1) is 9.54. The Kier molecular flexibility index (Phi) is 6.73. The van der Waals surface area contributed by atoms with Crippen LogP contribution in [0.25, 0.3) is 0 Å². The van der Waals surface area contributed by atoms with Crippen LogP contribution >= 0.6 is 0 Å². The van der Waals surface area contributed by atoms with Gasteiger partial charge in [-0.2, -0.15) is 0 Å². The number of ether oxygens (including phenoxy) is 1. The van der Waals surface area contributed by atoms with E-state index in [1.165, 1.54) is 0 Å². The van der Waals surface area contributed by atoms with Crippen LogP contribution in [0.5, 0.6) is 0 Å². The van der Waals surface area contributed by atoms with E-state index >= 15 is 0 Å². The first kappa shape index (κ1) is 16.2. The van der Waals surface area contributed by atoms with Crippen molar-refractivity contribution in [3.63, 3.8) is 0 Å². The zero-order valence-corrected chi connectivity index (χ0v) is 11.5. The molecule has 0 bridgehead atoms. The minimum Gasteiger partial charge on any atom is -0.479 e. The number of carbonyl (C=O) groups is 2. The third-order valence-corrected chi connectivity index (χ3v) is 2.96. The molecular formula is C15H20O5. The summed E-state index contributed by atoms with van der Waals surface area (Å²) in [7, 11) is 0. The lowest BCUT2D eigenvalue weighted by molar-refractivity contribution is -0.165. The summed E-state index contributed by atoms with van der Waals surface area (Å²) >= 11 is 0. The van der Waals surface area contributed by atoms with Crippen molar-refractivity contribution in [3.8, 4) is 0 Å². The molecule has 1 aromatic carbocycles. The maximum absolute atomic E-state index is 11.2. The minimum absolute atomic E-state index is 0.159. The maximum atomic E-state index is 11.2. The fourth-order valence-electron chi connectivity index (χ4n) is 1.86. The Hall–Kier alpha value is -1.88. The van der Waals surface area contributed by atoms with Crippen LogP contribution < -0.4 is 0 Å². The van der Waals surface area contributed by atoms with Crippen LogP contribution in [-0.2, 0) is 20.7 Å². The molecule has 0 fully saturated rings. The van der Waals surface area contributed by atoms with Crippen molar-refractivity contribution >= 4 is 11.9 Å². The van der Waals surface area contributed by atoms with Crippen LogP contribution in [0, 0.1) is 0 Å². The third kappa shape index (κ3) is 5.40. The Morgan fingerprint density at radius 2 is 1.70 bits per heavy atom. The Morgan fingerprint density at radius 3 is 2.20 bits per heavy atom. The predicted molar refractivity (Wildman–Crippen MR) is 73.6 cm³/mol. The lowest BCUT2D eigenvalue weighted by Crippen LogP contribution is -2.35. The first-order valence-corrected chi connectivity index (χ1v) is 6.69. The summed E-state index contributed by atoms with van der Waals surface area (Å²) in [6, 6.07) is 9.03. The van der Waals surface area contributed by atoms with Gasteiger partial charge in [-0.15, -0.1) is 0 Å². The summed E-state index contributed by atoms with van der Waals surface area (Å²) < 4.78 is 5.28. The fraction of sp³-hybridized carbons (Fsp3) is 0.467. The molecule has 5 nitrogen and oxygen atoms in total. The normalized spacial score (nSPS) is 13.7. The van der Waals surface area contributed by atoms with Crippen molar-refractivity contribution in [3.05, 3.63) is 35.9 Å². The number of carboxylic acid groups (broad SMARTS) is 2. The van der Waals surface area contributed by atoms with Crippen molar-refractivity contribution in [2.75, 3.05) is 0 Å². The Labute approximate surface area is 118 Å². The summed E-state index contributed by atoms with van der Waals surface area (Å²) in [6.07, 6.45) is -0.204. The number of unbranched alkanes of at least 4 members (excludes halogenated alkanes) is 1. The first-order valence-electron chi connectivity index (χ1n) is 6.69. The van der Waals surface area contributed by atoms with E-state index in [1.54, 1.807) is 24.3 Å².